The second kappa shape index (κ2) is 8.56. The monoisotopic (exact) mass is 328 g/mol. The van der Waals surface area contributed by atoms with Crippen LogP contribution in [0.25, 0.3) is 0 Å². The number of hydrazine groups is 2. The zero-order chi connectivity index (χ0) is 17.6. The van der Waals surface area contributed by atoms with Gasteiger partial charge in [-0.25, -0.2) is 10.6 Å². The standard InChI is InChI=1S/C13H24N6O4/c1-8(2)11-12(22)19(6-4-10(21)17-15)13(23)18(11)5-3-9(20)7-16-14/h8,11,16H,3-7,14-15H2,1-2H3,(H,17,21). The molecule has 1 saturated heterocycles. The van der Waals surface area contributed by atoms with E-state index in [1.165, 1.54) is 4.90 Å². The molecule has 0 aromatic rings. The molecular formula is C13H24N6O4. The molecule has 1 aliphatic rings. The van der Waals surface area contributed by atoms with Crippen LogP contribution in [-0.2, 0) is 14.4 Å². The van der Waals surface area contributed by atoms with Crippen LogP contribution in [0.2, 0.25) is 0 Å². The Morgan fingerprint density at radius 1 is 1.17 bits per heavy atom. The van der Waals surface area contributed by atoms with Crippen LogP contribution < -0.4 is 22.5 Å². The van der Waals surface area contributed by atoms with Gasteiger partial charge in [-0.05, 0) is 5.92 Å². The van der Waals surface area contributed by atoms with Crippen molar-refractivity contribution in [1.29, 1.82) is 0 Å². The lowest BCUT2D eigenvalue weighted by atomic mass is 10.0. The van der Waals surface area contributed by atoms with Gasteiger partial charge in [0, 0.05) is 25.9 Å². The van der Waals surface area contributed by atoms with Crippen LogP contribution in [-0.4, -0.2) is 59.1 Å². The van der Waals surface area contributed by atoms with Crippen LogP contribution in [0.3, 0.4) is 0 Å². The van der Waals surface area contributed by atoms with Crippen LogP contribution in [0.4, 0.5) is 4.79 Å². The molecule has 10 nitrogen and oxygen atoms in total. The van der Waals surface area contributed by atoms with Gasteiger partial charge in [-0.1, -0.05) is 13.8 Å². The number of carbonyl (C=O) groups excluding carboxylic acids is 4. The topological polar surface area (TPSA) is 151 Å². The SMILES string of the molecule is CC(C)C1C(=O)N(CCC(=O)NN)C(=O)N1CCC(=O)CNN. The summed E-state index contributed by atoms with van der Waals surface area (Å²) < 4.78 is 0. The summed E-state index contributed by atoms with van der Waals surface area (Å²) in [5.41, 5.74) is 4.21. The predicted octanol–water partition coefficient (Wildman–Crippen LogP) is -1.92. The second-order valence-corrected chi connectivity index (χ2v) is 5.64. The number of imide groups is 1. The molecule has 130 valence electrons. The van der Waals surface area contributed by atoms with E-state index in [0.29, 0.717) is 0 Å². The number of nitrogens with two attached hydrogens (primary N) is 2. The smallest absolute Gasteiger partial charge is 0.312 e. The quantitative estimate of drug-likeness (QED) is 0.167. The Labute approximate surface area is 134 Å². The fourth-order valence-electron chi connectivity index (χ4n) is 2.48. The van der Waals surface area contributed by atoms with Gasteiger partial charge in [0.25, 0.3) is 5.91 Å². The first-order valence-corrected chi connectivity index (χ1v) is 7.40. The van der Waals surface area contributed by atoms with Gasteiger partial charge in [0.05, 0.1) is 6.54 Å². The van der Waals surface area contributed by atoms with Crippen molar-refractivity contribution in [3.63, 3.8) is 0 Å². The fourth-order valence-corrected chi connectivity index (χ4v) is 2.48. The van der Waals surface area contributed by atoms with E-state index < -0.39 is 18.0 Å². The summed E-state index contributed by atoms with van der Waals surface area (Å²) in [5, 5.41) is 0. The van der Waals surface area contributed by atoms with Crippen molar-refractivity contribution >= 4 is 23.6 Å². The molecule has 1 aliphatic heterocycles. The molecule has 0 aliphatic carbocycles. The molecule has 23 heavy (non-hydrogen) atoms. The Kier molecular flexibility index (Phi) is 7.07. The molecule has 1 rings (SSSR count). The average molecular weight is 328 g/mol. The van der Waals surface area contributed by atoms with Crippen LogP contribution in [0.5, 0.6) is 0 Å². The van der Waals surface area contributed by atoms with Crippen LogP contribution in [0.15, 0.2) is 0 Å². The molecule has 0 radical (unpaired) electrons. The Bertz CT molecular complexity index is 481. The second-order valence-electron chi connectivity index (χ2n) is 5.64. The number of nitrogens with zero attached hydrogens (tertiary/aromatic N) is 2. The van der Waals surface area contributed by atoms with E-state index in [4.69, 9.17) is 11.7 Å². The molecule has 6 N–H and O–H groups in total. The van der Waals surface area contributed by atoms with Crippen LogP contribution in [0, 0.1) is 5.92 Å². The first-order valence-electron chi connectivity index (χ1n) is 7.40. The first-order chi connectivity index (χ1) is 10.8. The minimum atomic E-state index is -0.637. The van der Waals surface area contributed by atoms with Gasteiger partial charge < -0.3 is 4.90 Å². The first kappa shape index (κ1) is 19.0. The van der Waals surface area contributed by atoms with Crippen molar-refractivity contribution in [1.82, 2.24) is 20.7 Å². The Balaban J connectivity index is 2.78. The van der Waals surface area contributed by atoms with Gasteiger partial charge in [-0.2, -0.15) is 0 Å². The van der Waals surface area contributed by atoms with Crippen molar-refractivity contribution < 1.29 is 19.2 Å². The highest BCUT2D eigenvalue weighted by Gasteiger charge is 2.46. The molecule has 4 amide bonds. The van der Waals surface area contributed by atoms with Gasteiger partial charge in [0.15, 0.2) is 0 Å². The minimum absolute atomic E-state index is 0.00269. The highest BCUT2D eigenvalue weighted by Crippen LogP contribution is 2.24. The number of urea groups is 1. The molecule has 0 spiro atoms. The fraction of sp³-hybridized carbons (Fsp3) is 0.692. The summed E-state index contributed by atoms with van der Waals surface area (Å²) in [6, 6.07) is -1.13. The Morgan fingerprint density at radius 2 is 1.83 bits per heavy atom. The van der Waals surface area contributed by atoms with E-state index in [1.54, 1.807) is 0 Å². The molecule has 0 bridgehead atoms. The zero-order valence-corrected chi connectivity index (χ0v) is 13.4. The number of nitrogens with one attached hydrogen (secondary N) is 2. The van der Waals surface area contributed by atoms with E-state index in [0.717, 1.165) is 4.90 Å². The highest BCUT2D eigenvalue weighted by atomic mass is 16.2. The average Bonchev–Trinajstić information content (AvgIpc) is 2.73. The normalized spacial score (nSPS) is 18.0. The van der Waals surface area contributed by atoms with Crippen molar-refractivity contribution in [2.24, 2.45) is 17.6 Å². The number of rotatable bonds is 9. The number of hydrogen-bond acceptors (Lipinski definition) is 7. The van der Waals surface area contributed by atoms with E-state index in [9.17, 15) is 19.2 Å². The molecule has 1 unspecified atom stereocenters. The summed E-state index contributed by atoms with van der Waals surface area (Å²) in [4.78, 5) is 50.0. The summed E-state index contributed by atoms with van der Waals surface area (Å²) in [6.45, 7) is 3.74. The van der Waals surface area contributed by atoms with Gasteiger partial charge in [-0.15, -0.1) is 0 Å². The number of Topliss-reactive ketones (excluding diaryl/α,β-unsaturated/α-hetero) is 1. The van der Waals surface area contributed by atoms with Gasteiger partial charge in [0.1, 0.15) is 11.8 Å². The lowest BCUT2D eigenvalue weighted by Gasteiger charge is -2.24. The van der Waals surface area contributed by atoms with Gasteiger partial charge in [0.2, 0.25) is 5.91 Å². The van der Waals surface area contributed by atoms with Crippen molar-refractivity contribution in [2.75, 3.05) is 19.6 Å². The lowest BCUT2D eigenvalue weighted by molar-refractivity contribution is -0.130. The van der Waals surface area contributed by atoms with Crippen LogP contribution in [0.1, 0.15) is 26.7 Å². The maximum Gasteiger partial charge on any atom is 0.327 e. The van der Waals surface area contributed by atoms with E-state index >= 15 is 0 Å². The third-order valence-corrected chi connectivity index (χ3v) is 3.62. The summed E-state index contributed by atoms with van der Waals surface area (Å²) >= 11 is 0. The third-order valence-electron chi connectivity index (χ3n) is 3.62. The minimum Gasteiger partial charge on any atom is -0.312 e. The molecule has 0 saturated carbocycles. The van der Waals surface area contributed by atoms with Crippen molar-refractivity contribution in [3.8, 4) is 0 Å². The number of ketones is 1. The Morgan fingerprint density at radius 3 is 2.35 bits per heavy atom. The zero-order valence-electron chi connectivity index (χ0n) is 13.4. The molecule has 0 aromatic heterocycles. The van der Waals surface area contributed by atoms with Crippen LogP contribution >= 0.6 is 0 Å². The molecular weight excluding hydrogens is 304 g/mol. The lowest BCUT2D eigenvalue weighted by Crippen LogP contribution is -2.41. The number of carbonyl (C=O) groups is 4. The van der Waals surface area contributed by atoms with E-state index in [1.807, 2.05) is 19.3 Å². The van der Waals surface area contributed by atoms with E-state index in [2.05, 4.69) is 5.43 Å². The van der Waals surface area contributed by atoms with Gasteiger partial charge in [-0.3, -0.25) is 36.0 Å². The van der Waals surface area contributed by atoms with Crippen molar-refractivity contribution in [2.45, 2.75) is 32.7 Å². The maximum atomic E-state index is 12.4. The molecule has 1 fully saturated rings. The summed E-state index contributed by atoms with van der Waals surface area (Å²) in [5.74, 6) is 8.98. The summed E-state index contributed by atoms with van der Waals surface area (Å²) in [7, 11) is 0. The molecule has 1 atom stereocenters. The largest absolute Gasteiger partial charge is 0.327 e. The molecule has 1 heterocycles. The van der Waals surface area contributed by atoms with Gasteiger partial charge >= 0.3 is 6.03 Å². The number of hydrogen-bond donors (Lipinski definition) is 4. The molecule has 0 aromatic carbocycles. The maximum absolute atomic E-state index is 12.4. The van der Waals surface area contributed by atoms with Crippen molar-refractivity contribution in [3.05, 3.63) is 0 Å². The molecule has 10 heteroatoms. The predicted molar refractivity (Wildman–Crippen MR) is 81.2 cm³/mol. The number of amides is 4. The third kappa shape index (κ3) is 4.71. The van der Waals surface area contributed by atoms with E-state index in [-0.39, 0.29) is 50.1 Å². The highest BCUT2D eigenvalue weighted by molar-refractivity contribution is 6.04. The summed E-state index contributed by atoms with van der Waals surface area (Å²) in [6.07, 6.45) is 0.0340. The Hall–Kier alpha value is -2.04.